The number of carbonyl (C=O) groups is 5. The summed E-state index contributed by atoms with van der Waals surface area (Å²) in [6, 6.07) is 27.6. The molecule has 10 heteroatoms. The van der Waals surface area contributed by atoms with Gasteiger partial charge in [-0.25, -0.2) is 4.79 Å². The second-order valence-electron chi connectivity index (χ2n) is 14.0. The van der Waals surface area contributed by atoms with Crippen LogP contribution in [0.3, 0.4) is 0 Å². The fourth-order valence-electron chi connectivity index (χ4n) is 9.04. The zero-order chi connectivity index (χ0) is 35.8. The predicted molar refractivity (Wildman–Crippen MR) is 188 cm³/mol. The van der Waals surface area contributed by atoms with Crippen molar-refractivity contribution in [3.63, 3.8) is 0 Å². The van der Waals surface area contributed by atoms with Gasteiger partial charge in [0.15, 0.2) is 0 Å². The number of carboxylic acids is 1. The van der Waals surface area contributed by atoms with Crippen LogP contribution in [-0.4, -0.2) is 44.8 Å². The number of hydrazine groups is 1. The molecule has 3 fully saturated rings. The number of carbonyl (C=O) groups excluding carboxylic acids is 4. The molecule has 2 heterocycles. The predicted octanol–water partition coefficient (Wildman–Crippen LogP) is 5.90. The lowest BCUT2D eigenvalue weighted by molar-refractivity contribution is -0.138. The summed E-state index contributed by atoms with van der Waals surface area (Å²) in [5, 5.41) is 22.4. The smallest absolute Gasteiger partial charge is 0.335 e. The number of carboxylic acid groups (broad SMARTS) is 1. The van der Waals surface area contributed by atoms with E-state index in [0.29, 0.717) is 22.4 Å². The lowest BCUT2D eigenvalue weighted by Gasteiger charge is -2.50. The van der Waals surface area contributed by atoms with Gasteiger partial charge in [-0.15, -0.1) is 0 Å². The quantitative estimate of drug-likeness (QED) is 0.169. The number of nitrogens with one attached hydrogen (secondary N) is 1. The summed E-state index contributed by atoms with van der Waals surface area (Å²) in [4.78, 5) is 71.3. The Morgan fingerprint density at radius 1 is 0.824 bits per heavy atom. The van der Waals surface area contributed by atoms with Gasteiger partial charge in [0.1, 0.15) is 5.75 Å². The average Bonchev–Trinajstić information content (AvgIpc) is 3.51. The highest BCUT2D eigenvalue weighted by Crippen LogP contribution is 2.65. The fraction of sp³-hybridized carbons (Fsp3) is 0.244. The van der Waals surface area contributed by atoms with E-state index in [1.54, 1.807) is 37.3 Å². The Balaban J connectivity index is 1.31. The molecule has 256 valence electrons. The molecule has 0 unspecified atom stereocenters. The van der Waals surface area contributed by atoms with Crippen molar-refractivity contribution in [3.05, 3.63) is 137 Å². The van der Waals surface area contributed by atoms with E-state index in [1.165, 1.54) is 24.3 Å². The maximum atomic E-state index is 15.2. The molecule has 2 saturated heterocycles. The van der Waals surface area contributed by atoms with Crippen LogP contribution < -0.4 is 10.3 Å². The van der Waals surface area contributed by atoms with Gasteiger partial charge >= 0.3 is 5.97 Å². The van der Waals surface area contributed by atoms with E-state index >= 15 is 4.79 Å². The topological polar surface area (TPSA) is 144 Å². The lowest BCUT2D eigenvalue weighted by atomic mass is 9.49. The molecule has 4 aromatic carbocycles. The minimum atomic E-state index is -1.50. The second-order valence-corrected chi connectivity index (χ2v) is 14.0. The molecular formula is C41H35N3O7. The Kier molecular flexibility index (Phi) is 7.44. The summed E-state index contributed by atoms with van der Waals surface area (Å²) in [5.74, 6) is -7.12. The van der Waals surface area contributed by atoms with Gasteiger partial charge < -0.3 is 10.2 Å². The van der Waals surface area contributed by atoms with E-state index in [2.05, 4.69) is 5.43 Å². The highest BCUT2D eigenvalue weighted by Gasteiger charge is 2.70. The van der Waals surface area contributed by atoms with Gasteiger partial charge in [0, 0.05) is 11.5 Å². The summed E-state index contributed by atoms with van der Waals surface area (Å²) in [6.45, 7) is 3.71. The Labute approximate surface area is 294 Å². The number of para-hydroxylation sites is 1. The van der Waals surface area contributed by atoms with Crippen molar-refractivity contribution in [2.45, 2.75) is 38.0 Å². The van der Waals surface area contributed by atoms with Gasteiger partial charge in [-0.3, -0.25) is 29.5 Å². The van der Waals surface area contributed by atoms with E-state index in [-0.39, 0.29) is 29.8 Å². The molecule has 6 atom stereocenters. The molecule has 8 rings (SSSR count). The number of benzene rings is 4. The van der Waals surface area contributed by atoms with Crippen LogP contribution >= 0.6 is 0 Å². The molecule has 0 radical (unpaired) electrons. The van der Waals surface area contributed by atoms with E-state index in [0.717, 1.165) is 21.0 Å². The van der Waals surface area contributed by atoms with E-state index in [4.69, 9.17) is 0 Å². The summed E-state index contributed by atoms with van der Waals surface area (Å²) >= 11 is 0. The minimum Gasteiger partial charge on any atom is -0.507 e. The Hall–Kier alpha value is -6.03. The fourth-order valence-corrected chi connectivity index (χ4v) is 9.04. The van der Waals surface area contributed by atoms with Crippen LogP contribution in [0.25, 0.3) is 0 Å². The molecule has 4 aliphatic rings. The van der Waals surface area contributed by atoms with Crippen LogP contribution in [0.15, 0.2) is 109 Å². The van der Waals surface area contributed by atoms with E-state index in [1.807, 2.05) is 55.5 Å². The molecule has 4 aromatic rings. The van der Waals surface area contributed by atoms with Gasteiger partial charge in [0.05, 0.1) is 40.1 Å². The van der Waals surface area contributed by atoms with Crippen LogP contribution in [0.5, 0.6) is 5.75 Å². The van der Waals surface area contributed by atoms with Crippen LogP contribution in [0.1, 0.15) is 51.4 Å². The highest BCUT2D eigenvalue weighted by molar-refractivity contribution is 6.23. The molecule has 51 heavy (non-hydrogen) atoms. The number of imide groups is 2. The number of aromatic hydroxyl groups is 1. The third-order valence-corrected chi connectivity index (χ3v) is 11.3. The molecule has 1 saturated carbocycles. The number of rotatable bonds is 6. The number of allylic oxidation sites excluding steroid dienone is 2. The van der Waals surface area contributed by atoms with Crippen LogP contribution in [0.4, 0.5) is 11.4 Å². The molecule has 4 amide bonds. The first-order valence-corrected chi connectivity index (χ1v) is 17.0. The number of hydrogen-bond acceptors (Lipinski definition) is 7. The molecule has 10 nitrogen and oxygen atoms in total. The van der Waals surface area contributed by atoms with Crippen molar-refractivity contribution in [2.75, 3.05) is 10.3 Å². The number of amides is 4. The molecular weight excluding hydrogens is 646 g/mol. The van der Waals surface area contributed by atoms with Crippen LogP contribution in [-0.2, 0) is 24.6 Å². The van der Waals surface area contributed by atoms with Crippen molar-refractivity contribution in [1.82, 2.24) is 5.01 Å². The summed E-state index contributed by atoms with van der Waals surface area (Å²) in [7, 11) is 0. The molecule has 0 bridgehead atoms. The zero-order valence-corrected chi connectivity index (χ0v) is 27.9. The first-order valence-electron chi connectivity index (χ1n) is 17.0. The first-order chi connectivity index (χ1) is 24.5. The molecule has 2 aliphatic carbocycles. The molecule has 0 spiro atoms. The Morgan fingerprint density at radius 2 is 1.55 bits per heavy atom. The van der Waals surface area contributed by atoms with Crippen molar-refractivity contribution in [3.8, 4) is 5.75 Å². The van der Waals surface area contributed by atoms with Gasteiger partial charge in [0.25, 0.3) is 11.8 Å². The van der Waals surface area contributed by atoms with Crippen LogP contribution in [0.2, 0.25) is 0 Å². The van der Waals surface area contributed by atoms with Crippen molar-refractivity contribution >= 4 is 41.0 Å². The third-order valence-electron chi connectivity index (χ3n) is 11.3. The standard InChI is InChI=1S/C41H35N3O7/c1-22-14-16-26(17-15-22)42-44-37(47)32-21-31-28(18-19-29-33(31)38(48)43(36(29)46)27-12-7-9-24(20-27)39(49)50)34(30-13-6-8-23(2)35(30)45)41(32,40(44)51)25-10-4-3-5-11-25/h3-18,20,29,31-34,42,45H,19,21H2,1-2H3,(H,49,50)/t29-,31+,32-,33-,34+,41+/m0/s1. The highest BCUT2D eigenvalue weighted by atomic mass is 16.4. The number of anilines is 2. The Bertz CT molecular complexity index is 2180. The summed E-state index contributed by atoms with van der Waals surface area (Å²) in [5.41, 5.74) is 5.62. The number of hydrogen-bond donors (Lipinski definition) is 3. The van der Waals surface area contributed by atoms with Gasteiger partial charge in [-0.1, -0.05) is 83.9 Å². The van der Waals surface area contributed by atoms with Crippen LogP contribution in [0, 0.1) is 37.5 Å². The second kappa shape index (κ2) is 11.8. The monoisotopic (exact) mass is 681 g/mol. The van der Waals surface area contributed by atoms with Gasteiger partial charge in [0.2, 0.25) is 11.8 Å². The molecule has 2 aliphatic heterocycles. The average molecular weight is 682 g/mol. The number of aryl methyl sites for hydroxylation is 2. The molecule has 3 N–H and O–H groups in total. The largest absolute Gasteiger partial charge is 0.507 e. The van der Waals surface area contributed by atoms with Crippen molar-refractivity contribution < 1.29 is 34.2 Å². The summed E-state index contributed by atoms with van der Waals surface area (Å²) < 4.78 is 0. The number of nitrogens with zero attached hydrogens (tertiary/aromatic N) is 2. The SMILES string of the molecule is Cc1ccc(NN2C(=O)[C@@H]3C[C@@H]4C(=CC[C@@H]5C(=O)N(c6cccc(C(=O)O)c6)C(=O)[C@@H]54)[C@H](c4cccc(C)c4O)[C@]3(c3ccccc3)C2=O)cc1. The number of fused-ring (bicyclic) bond motifs is 4. The van der Waals surface area contributed by atoms with E-state index < -0.39 is 64.6 Å². The van der Waals surface area contributed by atoms with Gasteiger partial charge in [-0.2, -0.15) is 5.01 Å². The maximum absolute atomic E-state index is 15.2. The van der Waals surface area contributed by atoms with Gasteiger partial charge in [-0.05, 0) is 74.1 Å². The summed E-state index contributed by atoms with van der Waals surface area (Å²) in [6.07, 6.45) is 2.22. The normalized spacial score (nSPS) is 26.8. The number of phenolic OH excluding ortho intramolecular Hbond substituents is 1. The maximum Gasteiger partial charge on any atom is 0.335 e. The molecule has 0 aromatic heterocycles. The first kappa shape index (κ1) is 32.2. The Morgan fingerprint density at radius 3 is 2.27 bits per heavy atom. The number of phenols is 1. The zero-order valence-electron chi connectivity index (χ0n) is 27.9. The minimum absolute atomic E-state index is 0.00800. The van der Waals surface area contributed by atoms with Crippen molar-refractivity contribution in [1.29, 1.82) is 0 Å². The third kappa shape index (κ3) is 4.66. The van der Waals surface area contributed by atoms with E-state index in [9.17, 15) is 29.4 Å². The lowest BCUT2D eigenvalue weighted by Crippen LogP contribution is -2.53. The van der Waals surface area contributed by atoms with Crippen molar-refractivity contribution in [2.24, 2.45) is 23.7 Å². The number of aromatic carboxylic acids is 1.